The normalized spacial score (nSPS) is 16.2. The first-order valence-electron chi connectivity index (χ1n) is 9.08. The van der Waals surface area contributed by atoms with Gasteiger partial charge in [0.1, 0.15) is 17.3 Å². The molecule has 0 spiro atoms. The fraction of sp³-hybridized carbons (Fsp3) is 0.450. The molecule has 0 radical (unpaired) electrons. The summed E-state index contributed by atoms with van der Waals surface area (Å²) in [6, 6.07) is 11.1. The lowest BCUT2D eigenvalue weighted by Crippen LogP contribution is -2.41. The molecule has 1 amide bonds. The highest BCUT2D eigenvalue weighted by molar-refractivity contribution is 6.32. The molecule has 26 heavy (non-hydrogen) atoms. The average molecular weight is 377 g/mol. The van der Waals surface area contributed by atoms with Gasteiger partial charge < -0.3 is 14.5 Å². The van der Waals surface area contributed by atoms with Crippen LogP contribution >= 0.6 is 11.6 Å². The summed E-state index contributed by atoms with van der Waals surface area (Å²) < 4.78 is 11.3. The van der Waals surface area contributed by atoms with Crippen LogP contribution in [0.4, 0.5) is 0 Å². The third kappa shape index (κ3) is 5.02. The summed E-state index contributed by atoms with van der Waals surface area (Å²) in [5, 5.41) is 3.47. The Labute approximate surface area is 159 Å². The highest BCUT2D eigenvalue weighted by Crippen LogP contribution is 2.26. The van der Waals surface area contributed by atoms with E-state index in [0.717, 1.165) is 24.6 Å². The molecule has 0 unspecified atom stereocenters. The van der Waals surface area contributed by atoms with Crippen molar-refractivity contribution < 1.29 is 13.9 Å². The quantitative estimate of drug-likeness (QED) is 0.794. The van der Waals surface area contributed by atoms with Crippen LogP contribution in [0.1, 0.15) is 36.8 Å². The predicted molar refractivity (Wildman–Crippen MR) is 102 cm³/mol. The fourth-order valence-corrected chi connectivity index (χ4v) is 3.43. The Morgan fingerprint density at radius 2 is 2.00 bits per heavy atom. The van der Waals surface area contributed by atoms with E-state index in [-0.39, 0.29) is 18.6 Å². The third-order valence-electron chi connectivity index (χ3n) is 4.61. The second-order valence-electron chi connectivity index (χ2n) is 6.58. The minimum absolute atomic E-state index is 0.0493. The van der Waals surface area contributed by atoms with Gasteiger partial charge in [-0.15, -0.1) is 0 Å². The Hall–Kier alpha value is -1.98. The zero-order valence-corrected chi connectivity index (χ0v) is 15.8. The maximum absolute atomic E-state index is 12.2. The summed E-state index contributed by atoms with van der Waals surface area (Å²) in [7, 11) is 0. The highest BCUT2D eigenvalue weighted by Gasteiger charge is 2.25. The molecular weight excluding hydrogens is 352 g/mol. The van der Waals surface area contributed by atoms with Crippen LogP contribution in [0, 0.1) is 6.92 Å². The number of piperidine rings is 1. The van der Waals surface area contributed by atoms with Crippen LogP contribution in [0.5, 0.6) is 5.75 Å². The lowest BCUT2D eigenvalue weighted by molar-refractivity contribution is -0.123. The second-order valence-corrected chi connectivity index (χ2v) is 6.99. The van der Waals surface area contributed by atoms with Crippen molar-refractivity contribution in [1.29, 1.82) is 0 Å². The standard InChI is InChI=1S/C20H25ClN2O3/c1-15-9-10-19(26-15)17(23-11-5-2-6-12-23)13-22-20(24)14-25-18-8-4-3-7-16(18)21/h3-4,7-10,17H,2,5-6,11-14H2,1H3,(H,22,24)/t17-/m0/s1. The minimum Gasteiger partial charge on any atom is -0.482 e. The number of carbonyl (C=O) groups is 1. The van der Waals surface area contributed by atoms with Crippen LogP contribution in [0.3, 0.4) is 0 Å². The van der Waals surface area contributed by atoms with Gasteiger partial charge in [0, 0.05) is 6.54 Å². The highest BCUT2D eigenvalue weighted by atomic mass is 35.5. The van der Waals surface area contributed by atoms with Crippen LogP contribution < -0.4 is 10.1 Å². The number of hydrogen-bond acceptors (Lipinski definition) is 4. The average Bonchev–Trinajstić information content (AvgIpc) is 3.08. The molecule has 1 aliphatic rings. The second kappa shape index (κ2) is 9.10. The largest absolute Gasteiger partial charge is 0.482 e. The summed E-state index contributed by atoms with van der Waals surface area (Å²) in [6.45, 7) is 4.42. The summed E-state index contributed by atoms with van der Waals surface area (Å²) in [4.78, 5) is 14.6. The van der Waals surface area contributed by atoms with Gasteiger partial charge in [-0.3, -0.25) is 9.69 Å². The molecule has 0 aliphatic carbocycles. The number of hydrogen-bond donors (Lipinski definition) is 1. The first-order chi connectivity index (χ1) is 12.6. The van der Waals surface area contributed by atoms with Crippen molar-refractivity contribution in [2.75, 3.05) is 26.2 Å². The summed E-state index contributed by atoms with van der Waals surface area (Å²) in [6.07, 6.45) is 3.62. The number of amides is 1. The third-order valence-corrected chi connectivity index (χ3v) is 4.92. The number of ether oxygens (including phenoxy) is 1. The van der Waals surface area contributed by atoms with Crippen LogP contribution in [-0.2, 0) is 4.79 Å². The number of nitrogens with one attached hydrogen (secondary N) is 1. The Bertz CT molecular complexity index is 725. The maximum Gasteiger partial charge on any atom is 0.258 e. The molecule has 140 valence electrons. The molecule has 5 nitrogen and oxygen atoms in total. The van der Waals surface area contributed by atoms with E-state index in [1.807, 2.05) is 31.2 Å². The molecule has 6 heteroatoms. The SMILES string of the molecule is Cc1ccc([C@H](CNC(=O)COc2ccccc2Cl)N2CCCCC2)o1. The molecule has 1 aromatic carbocycles. The summed E-state index contributed by atoms with van der Waals surface area (Å²) in [5.74, 6) is 2.13. The van der Waals surface area contributed by atoms with Crippen LogP contribution in [0.15, 0.2) is 40.8 Å². The lowest BCUT2D eigenvalue weighted by Gasteiger charge is -2.33. The van der Waals surface area contributed by atoms with Gasteiger partial charge in [0.2, 0.25) is 0 Å². The molecule has 2 heterocycles. The zero-order chi connectivity index (χ0) is 18.4. The van der Waals surface area contributed by atoms with Crippen molar-refractivity contribution in [3.63, 3.8) is 0 Å². The monoisotopic (exact) mass is 376 g/mol. The first kappa shape index (κ1) is 18.8. The number of aryl methyl sites for hydroxylation is 1. The molecular formula is C20H25ClN2O3. The summed E-state index contributed by atoms with van der Waals surface area (Å²) >= 11 is 6.04. The molecule has 1 aromatic heterocycles. The molecule has 1 aliphatic heterocycles. The number of rotatable bonds is 7. The van der Waals surface area contributed by atoms with Crippen molar-refractivity contribution >= 4 is 17.5 Å². The Balaban J connectivity index is 1.56. The van der Waals surface area contributed by atoms with Crippen LogP contribution in [0.2, 0.25) is 5.02 Å². The van der Waals surface area contributed by atoms with E-state index in [4.69, 9.17) is 20.8 Å². The van der Waals surface area contributed by atoms with Gasteiger partial charge in [0.15, 0.2) is 6.61 Å². The number of likely N-dealkylation sites (tertiary alicyclic amines) is 1. The molecule has 3 rings (SSSR count). The first-order valence-corrected chi connectivity index (χ1v) is 9.45. The fourth-order valence-electron chi connectivity index (χ4n) is 3.24. The van der Waals surface area contributed by atoms with Gasteiger partial charge >= 0.3 is 0 Å². The Morgan fingerprint density at radius 3 is 2.69 bits per heavy atom. The van der Waals surface area contributed by atoms with Crippen molar-refractivity contribution in [3.8, 4) is 5.75 Å². The van der Waals surface area contributed by atoms with Gasteiger partial charge in [-0.05, 0) is 57.1 Å². The smallest absolute Gasteiger partial charge is 0.258 e. The van der Waals surface area contributed by atoms with Crippen molar-refractivity contribution in [2.45, 2.75) is 32.2 Å². The molecule has 1 saturated heterocycles. The van der Waals surface area contributed by atoms with Gasteiger partial charge in [-0.1, -0.05) is 30.2 Å². The van der Waals surface area contributed by atoms with Gasteiger partial charge in [0.05, 0.1) is 11.1 Å². The van der Waals surface area contributed by atoms with Crippen molar-refractivity contribution in [3.05, 3.63) is 52.9 Å². The maximum atomic E-state index is 12.2. The minimum atomic E-state index is -0.171. The van der Waals surface area contributed by atoms with E-state index in [9.17, 15) is 4.79 Å². The Morgan fingerprint density at radius 1 is 1.23 bits per heavy atom. The molecule has 1 atom stereocenters. The van der Waals surface area contributed by atoms with E-state index in [1.165, 1.54) is 19.3 Å². The number of halogens is 1. The van der Waals surface area contributed by atoms with Gasteiger partial charge in [-0.2, -0.15) is 0 Å². The van der Waals surface area contributed by atoms with Crippen molar-refractivity contribution in [1.82, 2.24) is 10.2 Å². The number of carbonyl (C=O) groups excluding carboxylic acids is 1. The number of nitrogens with zero attached hydrogens (tertiary/aromatic N) is 1. The molecule has 2 aromatic rings. The molecule has 1 N–H and O–H groups in total. The predicted octanol–water partition coefficient (Wildman–Crippen LogP) is 3.96. The van der Waals surface area contributed by atoms with Gasteiger partial charge in [-0.25, -0.2) is 0 Å². The van der Waals surface area contributed by atoms with E-state index in [1.54, 1.807) is 12.1 Å². The van der Waals surface area contributed by atoms with E-state index in [2.05, 4.69) is 10.2 Å². The lowest BCUT2D eigenvalue weighted by atomic mass is 10.1. The number of para-hydroxylation sites is 1. The van der Waals surface area contributed by atoms with Crippen molar-refractivity contribution in [2.24, 2.45) is 0 Å². The van der Waals surface area contributed by atoms with Crippen LogP contribution in [-0.4, -0.2) is 37.0 Å². The molecule has 0 saturated carbocycles. The summed E-state index contributed by atoms with van der Waals surface area (Å²) in [5.41, 5.74) is 0. The Kier molecular flexibility index (Phi) is 6.58. The van der Waals surface area contributed by atoms with Crippen LogP contribution in [0.25, 0.3) is 0 Å². The zero-order valence-electron chi connectivity index (χ0n) is 15.0. The number of benzene rings is 1. The molecule has 0 bridgehead atoms. The molecule has 1 fully saturated rings. The topological polar surface area (TPSA) is 54.7 Å². The van der Waals surface area contributed by atoms with E-state index >= 15 is 0 Å². The van der Waals surface area contributed by atoms with Gasteiger partial charge in [0.25, 0.3) is 5.91 Å². The van der Waals surface area contributed by atoms with E-state index < -0.39 is 0 Å². The van der Waals surface area contributed by atoms with E-state index in [0.29, 0.717) is 17.3 Å². The number of furan rings is 1.